The van der Waals surface area contributed by atoms with Gasteiger partial charge in [0.2, 0.25) is 0 Å². The maximum absolute atomic E-state index is 14.9. The van der Waals surface area contributed by atoms with Crippen LogP contribution in [-0.4, -0.2) is 21.8 Å². The molecule has 9 heteroatoms. The second-order valence-corrected chi connectivity index (χ2v) is 8.32. The third-order valence-electron chi connectivity index (χ3n) is 5.31. The second kappa shape index (κ2) is 7.86. The van der Waals surface area contributed by atoms with E-state index in [4.69, 9.17) is 0 Å². The Morgan fingerprint density at radius 1 is 0.939 bits per heavy atom. The number of amides is 1. The molecule has 1 fully saturated rings. The van der Waals surface area contributed by atoms with Crippen molar-refractivity contribution >= 4 is 44.1 Å². The number of benzene rings is 3. The van der Waals surface area contributed by atoms with Gasteiger partial charge >= 0.3 is 5.91 Å². The Morgan fingerprint density at radius 3 is 2.36 bits per heavy atom. The van der Waals surface area contributed by atoms with Crippen LogP contribution >= 0.6 is 11.3 Å². The molecule has 33 heavy (non-hydrogen) atoms. The van der Waals surface area contributed by atoms with Gasteiger partial charge in [-0.25, -0.2) is 18.2 Å². The van der Waals surface area contributed by atoms with Crippen molar-refractivity contribution in [1.82, 2.24) is 4.98 Å². The molecule has 1 aromatic heterocycles. The third kappa shape index (κ3) is 3.46. The number of Topliss-reactive ketones (excluding diaryl/α,β-unsaturated/α-hetero) is 1. The number of halogens is 3. The van der Waals surface area contributed by atoms with Crippen LogP contribution in [0.3, 0.4) is 0 Å². The second-order valence-electron chi connectivity index (χ2n) is 7.31. The van der Waals surface area contributed by atoms with Gasteiger partial charge in [0.25, 0.3) is 5.78 Å². The molecule has 1 atom stereocenters. The summed E-state index contributed by atoms with van der Waals surface area (Å²) in [6, 6.07) is 12.8. The standard InChI is InChI=1S/C24H13F3N2O3S/c25-13-7-5-12(6-8-13)21(30)19-20(15-3-1-2-4-16(15)27)29(23(32)22(19)31)24-28-17-10-9-14(26)11-18(17)33-24/h1-11,20,30H/b21-19+. The highest BCUT2D eigenvalue weighted by Crippen LogP contribution is 2.44. The zero-order chi connectivity index (χ0) is 23.3. The third-order valence-corrected chi connectivity index (χ3v) is 6.32. The van der Waals surface area contributed by atoms with Crippen molar-refractivity contribution in [2.45, 2.75) is 6.04 Å². The van der Waals surface area contributed by atoms with Crippen LogP contribution in [0.25, 0.3) is 16.0 Å². The van der Waals surface area contributed by atoms with Gasteiger partial charge in [0.05, 0.1) is 15.8 Å². The Balaban J connectivity index is 1.75. The molecule has 164 valence electrons. The monoisotopic (exact) mass is 466 g/mol. The number of ketones is 1. The fourth-order valence-corrected chi connectivity index (χ4v) is 4.79. The first-order chi connectivity index (χ1) is 15.8. The number of thiazole rings is 1. The smallest absolute Gasteiger partial charge is 0.301 e. The van der Waals surface area contributed by atoms with Crippen LogP contribution in [0.15, 0.2) is 72.3 Å². The van der Waals surface area contributed by atoms with E-state index in [1.807, 2.05) is 0 Å². The van der Waals surface area contributed by atoms with Crippen LogP contribution in [-0.2, 0) is 9.59 Å². The van der Waals surface area contributed by atoms with E-state index in [1.165, 1.54) is 54.6 Å². The van der Waals surface area contributed by atoms with Crippen molar-refractivity contribution in [1.29, 1.82) is 0 Å². The van der Waals surface area contributed by atoms with Crippen LogP contribution in [0.5, 0.6) is 0 Å². The van der Waals surface area contributed by atoms with Crippen molar-refractivity contribution < 1.29 is 27.9 Å². The number of anilines is 1. The highest BCUT2D eigenvalue weighted by atomic mass is 32.1. The van der Waals surface area contributed by atoms with Crippen LogP contribution in [0.4, 0.5) is 18.3 Å². The fourth-order valence-electron chi connectivity index (χ4n) is 3.77. The lowest BCUT2D eigenvalue weighted by Crippen LogP contribution is -2.29. The molecule has 1 aliphatic rings. The molecule has 1 unspecified atom stereocenters. The maximum Gasteiger partial charge on any atom is 0.301 e. The van der Waals surface area contributed by atoms with Crippen LogP contribution in [0.2, 0.25) is 0 Å². The van der Waals surface area contributed by atoms with Crippen molar-refractivity contribution in [3.8, 4) is 0 Å². The number of hydrogen-bond acceptors (Lipinski definition) is 5. The van der Waals surface area contributed by atoms with E-state index >= 15 is 0 Å². The van der Waals surface area contributed by atoms with E-state index in [9.17, 15) is 27.9 Å². The number of nitrogens with zero attached hydrogens (tertiary/aromatic N) is 2. The first-order valence-corrected chi connectivity index (χ1v) is 10.5. The van der Waals surface area contributed by atoms with Gasteiger partial charge in [-0.1, -0.05) is 29.5 Å². The van der Waals surface area contributed by atoms with E-state index in [2.05, 4.69) is 4.98 Å². The van der Waals surface area contributed by atoms with Crippen LogP contribution in [0.1, 0.15) is 17.2 Å². The lowest BCUT2D eigenvalue weighted by Gasteiger charge is -2.23. The SMILES string of the molecule is O=C1C(=O)N(c2nc3ccc(F)cc3s2)C(c2ccccc2F)/C1=C(\O)c1ccc(F)cc1. The molecular weight excluding hydrogens is 453 g/mol. The fraction of sp³-hybridized carbons (Fsp3) is 0.0417. The van der Waals surface area contributed by atoms with E-state index in [0.717, 1.165) is 28.4 Å². The predicted octanol–water partition coefficient (Wildman–Crippen LogP) is 5.34. The molecule has 1 saturated heterocycles. The van der Waals surface area contributed by atoms with Crippen molar-refractivity contribution in [3.05, 3.63) is 101 Å². The molecule has 0 radical (unpaired) electrons. The number of fused-ring (bicyclic) bond motifs is 1. The molecule has 0 bridgehead atoms. The van der Waals surface area contributed by atoms with Gasteiger partial charge in [-0.15, -0.1) is 0 Å². The molecule has 0 spiro atoms. The van der Waals surface area contributed by atoms with E-state index in [0.29, 0.717) is 10.2 Å². The molecule has 4 aromatic rings. The molecule has 5 rings (SSSR count). The van der Waals surface area contributed by atoms with Gasteiger partial charge in [-0.2, -0.15) is 0 Å². The van der Waals surface area contributed by atoms with Gasteiger partial charge in [-0.05, 0) is 48.5 Å². The molecule has 1 aliphatic heterocycles. The molecule has 1 N–H and O–H groups in total. The molecule has 0 saturated carbocycles. The summed E-state index contributed by atoms with van der Waals surface area (Å²) >= 11 is 0.956. The van der Waals surface area contributed by atoms with Gasteiger partial charge in [-0.3, -0.25) is 14.5 Å². The Labute approximate surface area is 189 Å². The Morgan fingerprint density at radius 2 is 1.64 bits per heavy atom. The average Bonchev–Trinajstić information content (AvgIpc) is 3.32. The molecule has 5 nitrogen and oxygen atoms in total. The minimum Gasteiger partial charge on any atom is -0.507 e. The average molecular weight is 466 g/mol. The summed E-state index contributed by atoms with van der Waals surface area (Å²) in [4.78, 5) is 31.5. The van der Waals surface area contributed by atoms with Crippen molar-refractivity contribution in [2.24, 2.45) is 0 Å². The van der Waals surface area contributed by atoms with Crippen molar-refractivity contribution in [3.63, 3.8) is 0 Å². The zero-order valence-corrected chi connectivity index (χ0v) is 17.4. The zero-order valence-electron chi connectivity index (χ0n) is 16.6. The normalized spacial score (nSPS) is 17.8. The predicted molar refractivity (Wildman–Crippen MR) is 117 cm³/mol. The Kier molecular flexibility index (Phi) is 4.98. The Hall–Kier alpha value is -3.98. The highest BCUT2D eigenvalue weighted by Gasteiger charge is 2.49. The molecule has 2 heterocycles. The van der Waals surface area contributed by atoms with Crippen LogP contribution < -0.4 is 4.90 Å². The lowest BCUT2D eigenvalue weighted by atomic mass is 9.95. The first kappa shape index (κ1) is 20.9. The van der Waals surface area contributed by atoms with Gasteiger partial charge in [0, 0.05) is 11.1 Å². The van der Waals surface area contributed by atoms with E-state index in [-0.39, 0.29) is 21.8 Å². The molecule has 1 amide bonds. The summed E-state index contributed by atoms with van der Waals surface area (Å²) in [6.07, 6.45) is 0. The lowest BCUT2D eigenvalue weighted by molar-refractivity contribution is -0.132. The van der Waals surface area contributed by atoms with Crippen LogP contribution in [0, 0.1) is 17.5 Å². The summed E-state index contributed by atoms with van der Waals surface area (Å²) in [5.74, 6) is -4.40. The number of aromatic nitrogens is 1. The van der Waals surface area contributed by atoms with E-state index < -0.39 is 40.9 Å². The molecular formula is C24H13F3N2O3S. The van der Waals surface area contributed by atoms with Gasteiger partial charge in [0.1, 0.15) is 29.3 Å². The molecule has 0 aliphatic carbocycles. The number of rotatable bonds is 3. The van der Waals surface area contributed by atoms with E-state index in [1.54, 1.807) is 0 Å². The summed E-state index contributed by atoms with van der Waals surface area (Å²) in [5, 5.41) is 11.0. The van der Waals surface area contributed by atoms with Crippen molar-refractivity contribution in [2.75, 3.05) is 4.90 Å². The number of aliphatic hydroxyl groups excluding tert-OH is 1. The summed E-state index contributed by atoms with van der Waals surface area (Å²) in [7, 11) is 0. The number of carbonyl (C=O) groups is 2. The molecule has 3 aromatic carbocycles. The topological polar surface area (TPSA) is 70.5 Å². The quantitative estimate of drug-likeness (QED) is 0.251. The summed E-state index contributed by atoms with van der Waals surface area (Å²) in [5.41, 5.74) is 0.0826. The highest BCUT2D eigenvalue weighted by molar-refractivity contribution is 7.22. The van der Waals surface area contributed by atoms with Gasteiger partial charge in [0.15, 0.2) is 5.13 Å². The number of hydrogen-bond donors (Lipinski definition) is 1. The number of aliphatic hydroxyl groups is 1. The summed E-state index contributed by atoms with van der Waals surface area (Å²) in [6.45, 7) is 0. The maximum atomic E-state index is 14.9. The Bertz CT molecular complexity index is 1460. The number of carbonyl (C=O) groups excluding carboxylic acids is 2. The minimum absolute atomic E-state index is 0.0363. The summed E-state index contributed by atoms with van der Waals surface area (Å²) < 4.78 is 42.3. The largest absolute Gasteiger partial charge is 0.507 e. The first-order valence-electron chi connectivity index (χ1n) is 9.72. The van der Waals surface area contributed by atoms with Gasteiger partial charge < -0.3 is 5.11 Å². The minimum atomic E-state index is -1.33.